The van der Waals surface area contributed by atoms with E-state index >= 15 is 0 Å². The molecular formula is C20H16ClFN2O4S. The molecule has 3 rings (SSSR count). The highest BCUT2D eigenvalue weighted by molar-refractivity contribution is 7.92. The van der Waals surface area contributed by atoms with Crippen molar-refractivity contribution >= 4 is 38.9 Å². The number of benzene rings is 3. The average Bonchev–Trinajstić information content (AvgIpc) is 2.69. The van der Waals surface area contributed by atoms with E-state index in [-0.39, 0.29) is 17.3 Å². The molecule has 0 bridgehead atoms. The first-order valence-electron chi connectivity index (χ1n) is 8.39. The van der Waals surface area contributed by atoms with Gasteiger partial charge in [0.2, 0.25) is 0 Å². The lowest BCUT2D eigenvalue weighted by atomic mass is 10.3. The molecule has 0 aliphatic rings. The number of hydrogen-bond donors (Lipinski definition) is 2. The molecule has 3 aromatic carbocycles. The lowest BCUT2D eigenvalue weighted by Crippen LogP contribution is -2.20. The zero-order valence-electron chi connectivity index (χ0n) is 14.9. The summed E-state index contributed by atoms with van der Waals surface area (Å²) in [6, 6.07) is 17.6. The molecule has 0 spiro atoms. The molecule has 9 heteroatoms. The van der Waals surface area contributed by atoms with Crippen molar-refractivity contribution in [3.63, 3.8) is 0 Å². The van der Waals surface area contributed by atoms with Crippen LogP contribution in [0, 0.1) is 5.82 Å². The maximum absolute atomic E-state index is 13.5. The highest BCUT2D eigenvalue weighted by Crippen LogP contribution is 2.20. The summed E-state index contributed by atoms with van der Waals surface area (Å²) in [6.07, 6.45) is 0. The van der Waals surface area contributed by atoms with Crippen LogP contribution in [0.4, 0.5) is 15.8 Å². The second-order valence-corrected chi connectivity index (χ2v) is 8.02. The monoisotopic (exact) mass is 434 g/mol. The lowest BCUT2D eigenvalue weighted by Gasteiger charge is -2.10. The molecule has 0 unspecified atom stereocenters. The topological polar surface area (TPSA) is 84.5 Å². The first-order valence-corrected chi connectivity index (χ1v) is 10.3. The first kappa shape index (κ1) is 20.6. The third kappa shape index (κ3) is 5.69. The first-order chi connectivity index (χ1) is 13.8. The highest BCUT2D eigenvalue weighted by atomic mass is 35.5. The van der Waals surface area contributed by atoms with E-state index in [0.717, 1.165) is 0 Å². The normalized spacial score (nSPS) is 11.0. The average molecular weight is 435 g/mol. The van der Waals surface area contributed by atoms with E-state index in [0.29, 0.717) is 16.4 Å². The number of carbonyl (C=O) groups is 1. The van der Waals surface area contributed by atoms with E-state index in [9.17, 15) is 17.6 Å². The molecule has 0 saturated carbocycles. The molecule has 29 heavy (non-hydrogen) atoms. The summed E-state index contributed by atoms with van der Waals surface area (Å²) in [5, 5.41) is 3.04. The number of carbonyl (C=O) groups excluding carboxylic acids is 1. The van der Waals surface area contributed by atoms with Crippen molar-refractivity contribution < 1.29 is 22.3 Å². The minimum Gasteiger partial charge on any atom is -0.481 e. The number of para-hydroxylation sites is 1. The van der Waals surface area contributed by atoms with E-state index in [2.05, 4.69) is 10.0 Å². The van der Waals surface area contributed by atoms with E-state index in [1.165, 1.54) is 42.5 Å². The molecule has 0 radical (unpaired) electrons. The molecule has 2 N–H and O–H groups in total. The molecule has 0 aliphatic heterocycles. The summed E-state index contributed by atoms with van der Waals surface area (Å²) >= 11 is 5.78. The maximum Gasteiger partial charge on any atom is 0.262 e. The van der Waals surface area contributed by atoms with Crippen LogP contribution < -0.4 is 14.8 Å². The zero-order valence-corrected chi connectivity index (χ0v) is 16.5. The number of ether oxygens (including phenoxy) is 1. The molecule has 150 valence electrons. The number of sulfonamides is 1. The summed E-state index contributed by atoms with van der Waals surface area (Å²) in [5.74, 6) is -1.11. The Labute approximate surface area is 172 Å². The Morgan fingerprint density at radius 2 is 1.55 bits per heavy atom. The molecule has 0 saturated heterocycles. The van der Waals surface area contributed by atoms with Gasteiger partial charge >= 0.3 is 0 Å². The predicted octanol–water partition coefficient (Wildman–Crippen LogP) is 4.30. The number of nitrogens with one attached hydrogen (secondary N) is 2. The summed E-state index contributed by atoms with van der Waals surface area (Å²) < 4.78 is 45.9. The molecule has 6 nitrogen and oxygen atoms in total. The largest absolute Gasteiger partial charge is 0.481 e. The Kier molecular flexibility index (Phi) is 6.36. The third-order valence-corrected chi connectivity index (χ3v) is 5.39. The van der Waals surface area contributed by atoms with Crippen LogP contribution in [-0.4, -0.2) is 20.9 Å². The van der Waals surface area contributed by atoms with Gasteiger partial charge in [0.15, 0.2) is 18.2 Å². The quantitative estimate of drug-likeness (QED) is 0.580. The van der Waals surface area contributed by atoms with Gasteiger partial charge in [-0.2, -0.15) is 0 Å². The van der Waals surface area contributed by atoms with Gasteiger partial charge in [-0.25, -0.2) is 12.8 Å². The molecule has 0 aliphatic carbocycles. The summed E-state index contributed by atoms with van der Waals surface area (Å²) in [5.41, 5.74) is 0.745. The van der Waals surface area contributed by atoms with Crippen LogP contribution in [0.15, 0.2) is 77.7 Å². The van der Waals surface area contributed by atoms with Crippen LogP contribution in [0.5, 0.6) is 5.75 Å². The van der Waals surface area contributed by atoms with Crippen LogP contribution in [0.25, 0.3) is 0 Å². The molecular weight excluding hydrogens is 419 g/mol. The Hall–Kier alpha value is -3.10. The van der Waals surface area contributed by atoms with Crippen molar-refractivity contribution in [2.45, 2.75) is 4.90 Å². The minimum absolute atomic E-state index is 0.0213. The van der Waals surface area contributed by atoms with Crippen LogP contribution >= 0.6 is 11.6 Å². The van der Waals surface area contributed by atoms with E-state index in [1.807, 2.05) is 0 Å². The van der Waals surface area contributed by atoms with E-state index in [4.69, 9.17) is 16.3 Å². The van der Waals surface area contributed by atoms with Gasteiger partial charge in [0, 0.05) is 16.4 Å². The molecule has 0 heterocycles. The highest BCUT2D eigenvalue weighted by Gasteiger charge is 2.14. The van der Waals surface area contributed by atoms with E-state index in [1.54, 1.807) is 30.3 Å². The summed E-state index contributed by atoms with van der Waals surface area (Å²) in [7, 11) is -3.79. The van der Waals surface area contributed by atoms with Gasteiger partial charge in [0.05, 0.1) is 4.90 Å². The zero-order chi connectivity index (χ0) is 20.9. The van der Waals surface area contributed by atoms with Crippen LogP contribution in [0.3, 0.4) is 0 Å². The fraction of sp³-hybridized carbons (Fsp3) is 0.0500. The second-order valence-electron chi connectivity index (χ2n) is 5.90. The standard InChI is InChI=1S/C20H16ClFN2O4S/c21-14-5-7-16(8-6-14)24-29(26,27)17-11-9-15(10-12-17)23-20(25)13-28-19-4-2-1-3-18(19)22/h1-12,24H,13H2,(H,23,25). The Balaban J connectivity index is 1.59. The number of anilines is 2. The number of halogens is 2. The van der Waals surface area contributed by atoms with Crippen molar-refractivity contribution in [3.8, 4) is 5.75 Å². The Morgan fingerprint density at radius 1 is 0.931 bits per heavy atom. The van der Waals surface area contributed by atoms with Gasteiger partial charge in [0.25, 0.3) is 15.9 Å². The van der Waals surface area contributed by atoms with Crippen molar-refractivity contribution in [2.24, 2.45) is 0 Å². The van der Waals surface area contributed by atoms with Gasteiger partial charge in [-0.3, -0.25) is 9.52 Å². The third-order valence-electron chi connectivity index (χ3n) is 3.74. The molecule has 0 aromatic heterocycles. The fourth-order valence-electron chi connectivity index (χ4n) is 2.35. The van der Waals surface area contributed by atoms with Crippen LogP contribution in [0.2, 0.25) is 5.02 Å². The number of hydrogen-bond acceptors (Lipinski definition) is 4. The number of rotatable bonds is 7. The molecule has 0 atom stereocenters. The fourth-order valence-corrected chi connectivity index (χ4v) is 3.54. The van der Waals surface area contributed by atoms with Gasteiger partial charge in [-0.1, -0.05) is 23.7 Å². The summed E-state index contributed by atoms with van der Waals surface area (Å²) in [6.45, 7) is -0.390. The smallest absolute Gasteiger partial charge is 0.262 e. The van der Waals surface area contributed by atoms with E-state index < -0.39 is 21.7 Å². The SMILES string of the molecule is O=C(COc1ccccc1F)Nc1ccc(S(=O)(=O)Nc2ccc(Cl)cc2)cc1. The van der Waals surface area contributed by atoms with Crippen LogP contribution in [-0.2, 0) is 14.8 Å². The molecule has 3 aromatic rings. The number of amides is 1. The Bertz CT molecular complexity index is 1100. The van der Waals surface area contributed by atoms with Gasteiger partial charge in [-0.15, -0.1) is 0 Å². The maximum atomic E-state index is 13.5. The molecule has 0 fully saturated rings. The van der Waals surface area contributed by atoms with Crippen molar-refractivity contribution in [2.75, 3.05) is 16.6 Å². The molecule has 1 amide bonds. The van der Waals surface area contributed by atoms with Crippen LogP contribution in [0.1, 0.15) is 0 Å². The van der Waals surface area contributed by atoms with Gasteiger partial charge in [0.1, 0.15) is 0 Å². The van der Waals surface area contributed by atoms with Gasteiger partial charge in [-0.05, 0) is 60.7 Å². The minimum atomic E-state index is -3.79. The second kappa shape index (κ2) is 8.93. The lowest BCUT2D eigenvalue weighted by molar-refractivity contribution is -0.118. The summed E-state index contributed by atoms with van der Waals surface area (Å²) in [4.78, 5) is 12.0. The Morgan fingerprint density at radius 3 is 2.21 bits per heavy atom. The van der Waals surface area contributed by atoms with Gasteiger partial charge < -0.3 is 10.1 Å². The van der Waals surface area contributed by atoms with Crippen molar-refractivity contribution in [3.05, 3.63) is 83.6 Å². The van der Waals surface area contributed by atoms with Crippen molar-refractivity contribution in [1.29, 1.82) is 0 Å². The van der Waals surface area contributed by atoms with Crippen molar-refractivity contribution in [1.82, 2.24) is 0 Å². The predicted molar refractivity (Wildman–Crippen MR) is 109 cm³/mol.